The SMILES string of the molecule is COc1cc(C(=O)NCCOc2ccc(-c3ccc(C)cc3)nn2)cc(OC)c1OC. The van der Waals surface area contributed by atoms with Gasteiger partial charge in [-0.1, -0.05) is 29.8 Å². The first-order valence-electron chi connectivity index (χ1n) is 9.67. The summed E-state index contributed by atoms with van der Waals surface area (Å²) in [6.07, 6.45) is 0. The minimum atomic E-state index is -0.288. The molecule has 1 aromatic heterocycles. The van der Waals surface area contributed by atoms with Crippen LogP contribution >= 0.6 is 0 Å². The smallest absolute Gasteiger partial charge is 0.251 e. The third kappa shape index (κ3) is 5.42. The van der Waals surface area contributed by atoms with E-state index in [4.69, 9.17) is 18.9 Å². The normalized spacial score (nSPS) is 10.3. The molecule has 1 heterocycles. The van der Waals surface area contributed by atoms with Crippen LogP contribution in [0.15, 0.2) is 48.5 Å². The summed E-state index contributed by atoms with van der Waals surface area (Å²) in [4.78, 5) is 12.5. The van der Waals surface area contributed by atoms with Gasteiger partial charge in [-0.15, -0.1) is 10.2 Å². The van der Waals surface area contributed by atoms with Crippen LogP contribution in [0.4, 0.5) is 0 Å². The van der Waals surface area contributed by atoms with Crippen molar-refractivity contribution >= 4 is 5.91 Å². The van der Waals surface area contributed by atoms with Gasteiger partial charge in [0.25, 0.3) is 5.91 Å². The number of aromatic nitrogens is 2. The van der Waals surface area contributed by atoms with Gasteiger partial charge < -0.3 is 24.3 Å². The largest absolute Gasteiger partial charge is 0.493 e. The molecule has 0 atom stereocenters. The fraction of sp³-hybridized carbons (Fsp3) is 0.261. The van der Waals surface area contributed by atoms with Crippen LogP contribution in [0.2, 0.25) is 0 Å². The van der Waals surface area contributed by atoms with E-state index in [0.717, 1.165) is 11.3 Å². The minimum Gasteiger partial charge on any atom is -0.493 e. The van der Waals surface area contributed by atoms with Crippen LogP contribution in [0.5, 0.6) is 23.1 Å². The van der Waals surface area contributed by atoms with E-state index in [0.29, 0.717) is 28.7 Å². The van der Waals surface area contributed by atoms with Gasteiger partial charge in [0.1, 0.15) is 6.61 Å². The van der Waals surface area contributed by atoms with Gasteiger partial charge >= 0.3 is 0 Å². The molecule has 8 nitrogen and oxygen atoms in total. The highest BCUT2D eigenvalue weighted by atomic mass is 16.5. The molecule has 0 saturated carbocycles. The first-order valence-corrected chi connectivity index (χ1v) is 9.67. The molecule has 0 spiro atoms. The molecule has 0 unspecified atom stereocenters. The molecule has 0 bridgehead atoms. The Labute approximate surface area is 181 Å². The number of carbonyl (C=O) groups excluding carboxylic acids is 1. The average Bonchev–Trinajstić information content (AvgIpc) is 2.81. The Morgan fingerprint density at radius 3 is 2.13 bits per heavy atom. The van der Waals surface area contributed by atoms with E-state index < -0.39 is 0 Å². The van der Waals surface area contributed by atoms with E-state index in [-0.39, 0.29) is 19.1 Å². The van der Waals surface area contributed by atoms with E-state index in [1.807, 2.05) is 37.3 Å². The maximum atomic E-state index is 12.5. The second-order valence-corrected chi connectivity index (χ2v) is 6.64. The van der Waals surface area contributed by atoms with Crippen LogP contribution in [0, 0.1) is 6.92 Å². The number of ether oxygens (including phenoxy) is 4. The van der Waals surface area contributed by atoms with Crippen molar-refractivity contribution < 1.29 is 23.7 Å². The number of aryl methyl sites for hydroxylation is 1. The zero-order chi connectivity index (χ0) is 22.2. The zero-order valence-electron chi connectivity index (χ0n) is 18.0. The number of hydrogen-bond donors (Lipinski definition) is 1. The maximum absolute atomic E-state index is 12.5. The van der Waals surface area contributed by atoms with E-state index in [1.54, 1.807) is 18.2 Å². The van der Waals surface area contributed by atoms with E-state index in [9.17, 15) is 4.79 Å². The first kappa shape index (κ1) is 21.9. The molecule has 0 aliphatic heterocycles. The highest BCUT2D eigenvalue weighted by Gasteiger charge is 2.16. The van der Waals surface area contributed by atoms with Crippen molar-refractivity contribution in [1.82, 2.24) is 15.5 Å². The summed E-state index contributed by atoms with van der Waals surface area (Å²) in [6, 6.07) is 14.8. The molecular formula is C23H25N3O5. The van der Waals surface area contributed by atoms with Crippen LogP contribution in [-0.4, -0.2) is 50.6 Å². The molecule has 8 heteroatoms. The van der Waals surface area contributed by atoms with Crippen molar-refractivity contribution in [2.24, 2.45) is 0 Å². The quantitative estimate of drug-likeness (QED) is 0.528. The van der Waals surface area contributed by atoms with Gasteiger partial charge in [0.15, 0.2) is 11.5 Å². The molecule has 31 heavy (non-hydrogen) atoms. The number of methoxy groups -OCH3 is 3. The van der Waals surface area contributed by atoms with Gasteiger partial charge in [-0.3, -0.25) is 4.79 Å². The number of carbonyl (C=O) groups is 1. The van der Waals surface area contributed by atoms with E-state index >= 15 is 0 Å². The number of nitrogens with zero attached hydrogens (tertiary/aromatic N) is 2. The molecule has 1 N–H and O–H groups in total. The zero-order valence-corrected chi connectivity index (χ0v) is 18.0. The molecule has 2 aromatic carbocycles. The lowest BCUT2D eigenvalue weighted by Gasteiger charge is -2.14. The van der Waals surface area contributed by atoms with Gasteiger partial charge in [-0.25, -0.2) is 0 Å². The highest BCUT2D eigenvalue weighted by molar-refractivity contribution is 5.95. The lowest BCUT2D eigenvalue weighted by atomic mass is 10.1. The lowest BCUT2D eigenvalue weighted by molar-refractivity contribution is 0.0945. The molecule has 0 radical (unpaired) electrons. The molecule has 0 aliphatic rings. The van der Waals surface area contributed by atoms with Crippen molar-refractivity contribution in [2.75, 3.05) is 34.5 Å². The standard InChI is InChI=1S/C23H25N3O5/c1-15-5-7-16(8-6-15)18-9-10-21(26-25-18)31-12-11-24-23(27)17-13-19(28-2)22(30-4)20(14-17)29-3/h5-10,13-14H,11-12H2,1-4H3,(H,24,27). The number of rotatable bonds is 9. The van der Waals surface area contributed by atoms with Gasteiger partial charge in [0.2, 0.25) is 11.6 Å². The average molecular weight is 423 g/mol. The Morgan fingerprint density at radius 1 is 0.903 bits per heavy atom. The molecule has 0 aliphatic carbocycles. The summed E-state index contributed by atoms with van der Waals surface area (Å²) in [5.74, 6) is 1.35. The Kier molecular flexibility index (Phi) is 7.26. The summed E-state index contributed by atoms with van der Waals surface area (Å²) >= 11 is 0. The third-order valence-corrected chi connectivity index (χ3v) is 4.55. The van der Waals surface area contributed by atoms with Gasteiger partial charge in [0, 0.05) is 17.2 Å². The number of nitrogens with one attached hydrogen (secondary N) is 1. The lowest BCUT2D eigenvalue weighted by Crippen LogP contribution is -2.28. The number of benzene rings is 2. The minimum absolute atomic E-state index is 0.245. The van der Waals surface area contributed by atoms with E-state index in [1.165, 1.54) is 26.9 Å². The Hall–Kier alpha value is -3.81. The first-order chi connectivity index (χ1) is 15.0. The van der Waals surface area contributed by atoms with Crippen LogP contribution in [0.3, 0.4) is 0 Å². The second-order valence-electron chi connectivity index (χ2n) is 6.64. The summed E-state index contributed by atoms with van der Waals surface area (Å²) in [5, 5.41) is 11.1. The Morgan fingerprint density at radius 2 is 1.58 bits per heavy atom. The fourth-order valence-corrected chi connectivity index (χ4v) is 2.91. The summed E-state index contributed by atoms with van der Waals surface area (Å²) in [6.45, 7) is 2.57. The van der Waals surface area contributed by atoms with Gasteiger partial charge in [-0.05, 0) is 25.1 Å². The van der Waals surface area contributed by atoms with Crippen molar-refractivity contribution in [3.8, 4) is 34.4 Å². The number of amides is 1. The third-order valence-electron chi connectivity index (χ3n) is 4.55. The molecule has 3 rings (SSSR count). The molecule has 1 amide bonds. The summed E-state index contributed by atoms with van der Waals surface area (Å²) in [7, 11) is 4.50. The van der Waals surface area contributed by atoms with Crippen molar-refractivity contribution in [1.29, 1.82) is 0 Å². The predicted molar refractivity (Wildman–Crippen MR) is 116 cm³/mol. The van der Waals surface area contributed by atoms with Gasteiger partial charge in [-0.2, -0.15) is 0 Å². The molecule has 162 valence electrons. The van der Waals surface area contributed by atoms with Crippen molar-refractivity contribution in [3.05, 3.63) is 59.7 Å². The topological polar surface area (TPSA) is 91.8 Å². The molecule has 0 fully saturated rings. The summed E-state index contributed by atoms with van der Waals surface area (Å²) in [5.41, 5.74) is 3.33. The van der Waals surface area contributed by atoms with Crippen LogP contribution in [-0.2, 0) is 0 Å². The van der Waals surface area contributed by atoms with Crippen LogP contribution < -0.4 is 24.3 Å². The van der Waals surface area contributed by atoms with Crippen LogP contribution in [0.1, 0.15) is 15.9 Å². The Balaban J connectivity index is 1.53. The highest BCUT2D eigenvalue weighted by Crippen LogP contribution is 2.38. The molecule has 3 aromatic rings. The predicted octanol–water partition coefficient (Wildman–Crippen LogP) is 3.29. The van der Waals surface area contributed by atoms with Gasteiger partial charge in [0.05, 0.1) is 33.6 Å². The number of hydrogen-bond acceptors (Lipinski definition) is 7. The molecular weight excluding hydrogens is 398 g/mol. The van der Waals surface area contributed by atoms with Crippen molar-refractivity contribution in [3.63, 3.8) is 0 Å². The van der Waals surface area contributed by atoms with E-state index in [2.05, 4.69) is 15.5 Å². The monoisotopic (exact) mass is 423 g/mol. The van der Waals surface area contributed by atoms with Crippen LogP contribution in [0.25, 0.3) is 11.3 Å². The van der Waals surface area contributed by atoms with Crippen molar-refractivity contribution in [2.45, 2.75) is 6.92 Å². The molecule has 0 saturated heterocycles. The summed E-state index contributed by atoms with van der Waals surface area (Å²) < 4.78 is 21.4. The maximum Gasteiger partial charge on any atom is 0.251 e. The second kappa shape index (κ2) is 10.3. The fourth-order valence-electron chi connectivity index (χ4n) is 2.91. The Bertz CT molecular complexity index is 995.